The maximum absolute atomic E-state index is 12.4. The molecule has 1 atom stereocenters. The third-order valence-corrected chi connectivity index (χ3v) is 6.69. The fourth-order valence-corrected chi connectivity index (χ4v) is 4.42. The summed E-state index contributed by atoms with van der Waals surface area (Å²) in [6, 6.07) is 3.66. The van der Waals surface area contributed by atoms with Crippen LogP contribution < -0.4 is 27.4 Å². The maximum Gasteiger partial charge on any atom is 0.271 e. The lowest BCUT2D eigenvalue weighted by atomic mass is 10.1. The van der Waals surface area contributed by atoms with Gasteiger partial charge in [0.2, 0.25) is 6.23 Å². The third-order valence-electron chi connectivity index (χ3n) is 6.69. The molecule has 0 bridgehead atoms. The lowest BCUT2D eigenvalue weighted by Gasteiger charge is -2.26. The summed E-state index contributed by atoms with van der Waals surface area (Å²) in [5.74, 6) is -0.0225. The quantitative estimate of drug-likeness (QED) is 0.185. The van der Waals surface area contributed by atoms with Gasteiger partial charge in [0.15, 0.2) is 5.69 Å². The van der Waals surface area contributed by atoms with Crippen molar-refractivity contribution in [1.29, 1.82) is 0 Å². The van der Waals surface area contributed by atoms with E-state index in [1.165, 1.54) is 19.1 Å². The fraction of sp³-hybridized carbons (Fsp3) is 0.556. The number of primary amides is 2. The number of amides is 2. The summed E-state index contributed by atoms with van der Waals surface area (Å²) in [5.41, 5.74) is 18.0. The molecular weight excluding hydrogens is 516 g/mol. The van der Waals surface area contributed by atoms with Crippen molar-refractivity contribution in [2.45, 2.75) is 51.3 Å². The predicted octanol–water partition coefficient (Wildman–Crippen LogP) is 1.61. The first kappa shape index (κ1) is 29.3. The number of aromatic nitrogens is 3. The highest BCUT2D eigenvalue weighted by atomic mass is 16.5. The van der Waals surface area contributed by atoms with Gasteiger partial charge in [-0.25, -0.2) is 4.98 Å². The van der Waals surface area contributed by atoms with E-state index in [1.807, 2.05) is 6.07 Å². The molecule has 13 nitrogen and oxygen atoms in total. The van der Waals surface area contributed by atoms with Crippen LogP contribution in [0.15, 0.2) is 36.5 Å². The van der Waals surface area contributed by atoms with Gasteiger partial charge in [0, 0.05) is 44.2 Å². The van der Waals surface area contributed by atoms with Crippen molar-refractivity contribution in [3.8, 4) is 0 Å². The molecule has 0 aromatic carbocycles. The van der Waals surface area contributed by atoms with Gasteiger partial charge in [0.05, 0.1) is 25.5 Å². The summed E-state index contributed by atoms with van der Waals surface area (Å²) in [6.45, 7) is 4.28. The van der Waals surface area contributed by atoms with Crippen molar-refractivity contribution in [2.24, 2.45) is 23.1 Å². The minimum absolute atomic E-state index is 0.0362. The Morgan fingerprint density at radius 1 is 1.05 bits per heavy atom. The molecule has 1 aliphatic carbocycles. The van der Waals surface area contributed by atoms with Gasteiger partial charge in [-0.15, -0.1) is 0 Å². The molecule has 2 amide bonds. The van der Waals surface area contributed by atoms with Gasteiger partial charge in [-0.05, 0) is 43.7 Å². The van der Waals surface area contributed by atoms with Crippen LogP contribution in [-0.4, -0.2) is 66.1 Å². The number of carbonyl (C=O) groups is 2. The van der Waals surface area contributed by atoms with Gasteiger partial charge in [-0.2, -0.15) is 5.10 Å². The normalized spacial score (nSPS) is 16.6. The maximum atomic E-state index is 12.4. The van der Waals surface area contributed by atoms with E-state index < -0.39 is 18.0 Å². The summed E-state index contributed by atoms with van der Waals surface area (Å²) >= 11 is 0. The first-order valence-corrected chi connectivity index (χ1v) is 13.8. The Hall–Kier alpha value is -3.68. The molecule has 1 aliphatic heterocycles. The molecule has 2 aromatic rings. The molecule has 218 valence electrons. The Balaban J connectivity index is 1.37. The molecule has 0 spiro atoms. The molecule has 7 N–H and O–H groups in total. The molecule has 0 radical (unpaired) electrons. The topological polar surface area (TPSA) is 186 Å². The number of rotatable bonds is 19. The predicted molar refractivity (Wildman–Crippen MR) is 149 cm³/mol. The molecular formula is C27H40N8O5. The minimum atomic E-state index is -0.747. The zero-order valence-corrected chi connectivity index (χ0v) is 22.8. The van der Waals surface area contributed by atoms with Gasteiger partial charge in [0.25, 0.3) is 11.8 Å². The van der Waals surface area contributed by atoms with Crippen LogP contribution in [0.2, 0.25) is 0 Å². The van der Waals surface area contributed by atoms with Gasteiger partial charge in [-0.3, -0.25) is 19.2 Å². The Kier molecular flexibility index (Phi) is 10.7. The zero-order valence-electron chi connectivity index (χ0n) is 22.8. The van der Waals surface area contributed by atoms with Crippen molar-refractivity contribution in [3.05, 3.63) is 47.7 Å². The number of unbranched alkanes of at least 4 members (excludes halogenated alkanes) is 3. The first-order chi connectivity index (χ1) is 19.5. The van der Waals surface area contributed by atoms with E-state index in [0.717, 1.165) is 37.8 Å². The number of hydrogen-bond acceptors (Lipinski definition) is 10. The van der Waals surface area contributed by atoms with E-state index in [4.69, 9.17) is 31.4 Å². The Morgan fingerprint density at radius 3 is 2.55 bits per heavy atom. The largest absolute Gasteiger partial charge is 0.471 e. The second-order valence-electron chi connectivity index (χ2n) is 9.94. The molecule has 1 unspecified atom stereocenters. The summed E-state index contributed by atoms with van der Waals surface area (Å²) in [7, 11) is 0. The molecule has 0 saturated heterocycles. The van der Waals surface area contributed by atoms with Crippen LogP contribution in [0.1, 0.15) is 60.8 Å². The smallest absolute Gasteiger partial charge is 0.271 e. The zero-order chi connectivity index (χ0) is 28.3. The van der Waals surface area contributed by atoms with E-state index in [0.29, 0.717) is 56.9 Å². The molecule has 2 aromatic heterocycles. The highest BCUT2D eigenvalue weighted by Gasteiger charge is 2.37. The molecule has 2 aliphatic rings. The number of anilines is 2. The van der Waals surface area contributed by atoms with Crippen molar-refractivity contribution in [2.75, 3.05) is 49.7 Å². The van der Waals surface area contributed by atoms with E-state index >= 15 is 0 Å². The Bertz CT molecular complexity index is 1170. The molecule has 40 heavy (non-hydrogen) atoms. The van der Waals surface area contributed by atoms with Crippen LogP contribution in [0, 0.1) is 5.92 Å². The summed E-state index contributed by atoms with van der Waals surface area (Å²) in [5, 5.41) is 7.77. The summed E-state index contributed by atoms with van der Waals surface area (Å²) in [4.78, 5) is 30.7. The monoisotopic (exact) mass is 556 g/mol. The molecule has 4 rings (SSSR count). The molecule has 3 heterocycles. The van der Waals surface area contributed by atoms with E-state index in [2.05, 4.69) is 15.4 Å². The van der Waals surface area contributed by atoms with Crippen LogP contribution in [0.5, 0.6) is 0 Å². The Morgan fingerprint density at radius 2 is 1.82 bits per heavy atom. The van der Waals surface area contributed by atoms with Crippen molar-refractivity contribution < 1.29 is 23.8 Å². The van der Waals surface area contributed by atoms with Gasteiger partial charge in [-0.1, -0.05) is 12.8 Å². The van der Waals surface area contributed by atoms with Crippen molar-refractivity contribution in [1.82, 2.24) is 14.8 Å². The number of nitrogens with two attached hydrogens (primary N) is 3. The summed E-state index contributed by atoms with van der Waals surface area (Å²) in [6.07, 6.45) is 10.1. The summed E-state index contributed by atoms with van der Waals surface area (Å²) < 4.78 is 18.4. The lowest BCUT2D eigenvalue weighted by molar-refractivity contribution is -0.114. The highest BCUT2D eigenvalue weighted by molar-refractivity contribution is 6.01. The second-order valence-corrected chi connectivity index (χ2v) is 9.94. The third kappa shape index (κ3) is 8.16. The standard InChI is InChI=1S/C27H40N8O5/c28-8-12-39-14-13-38-11-4-2-1-3-10-34-17-21(24(33-34)26(30)37)35-22(25(29)36)18-40-27(35)20-7-9-31-23(15-20)32-16-19-5-6-19/h7,9,15,17-19,27H,1-6,8,10-14,16,28H2,(H2,29,36)(H2,30,37)(H,31,32). The number of aryl methyl sites for hydroxylation is 1. The van der Waals surface area contributed by atoms with Crippen LogP contribution in [0.25, 0.3) is 0 Å². The molecule has 13 heteroatoms. The number of nitrogens with zero attached hydrogens (tertiary/aromatic N) is 4. The first-order valence-electron chi connectivity index (χ1n) is 13.8. The second kappa shape index (κ2) is 14.6. The number of carbonyl (C=O) groups excluding carboxylic acids is 2. The average Bonchev–Trinajstić information content (AvgIpc) is 3.50. The molecule has 1 saturated carbocycles. The van der Waals surface area contributed by atoms with E-state index in [9.17, 15) is 9.59 Å². The molecule has 1 fully saturated rings. The SMILES string of the molecule is NCCOCCOCCCCCCn1cc(N2C(C(N)=O)=COC2c2ccnc(NCC3CC3)c2)c(C(N)=O)n1. The van der Waals surface area contributed by atoms with Crippen LogP contribution in [-0.2, 0) is 25.5 Å². The van der Waals surface area contributed by atoms with Gasteiger partial charge < -0.3 is 36.7 Å². The minimum Gasteiger partial charge on any atom is -0.471 e. The van der Waals surface area contributed by atoms with E-state index in [-0.39, 0.29) is 11.4 Å². The fourth-order valence-electron chi connectivity index (χ4n) is 4.42. The van der Waals surface area contributed by atoms with Gasteiger partial charge >= 0.3 is 0 Å². The number of hydrogen-bond donors (Lipinski definition) is 4. The number of ether oxygens (including phenoxy) is 3. The van der Waals surface area contributed by atoms with Crippen LogP contribution in [0.4, 0.5) is 11.5 Å². The van der Waals surface area contributed by atoms with Crippen molar-refractivity contribution >= 4 is 23.3 Å². The van der Waals surface area contributed by atoms with Crippen LogP contribution in [0.3, 0.4) is 0 Å². The van der Waals surface area contributed by atoms with Crippen molar-refractivity contribution in [3.63, 3.8) is 0 Å². The number of nitrogens with one attached hydrogen (secondary N) is 1. The van der Waals surface area contributed by atoms with Gasteiger partial charge in [0.1, 0.15) is 17.8 Å². The van der Waals surface area contributed by atoms with Crippen LogP contribution >= 0.6 is 0 Å². The number of pyridine rings is 1. The Labute approximate surface area is 234 Å². The van der Waals surface area contributed by atoms with E-state index in [1.54, 1.807) is 28.0 Å². The highest BCUT2D eigenvalue weighted by Crippen LogP contribution is 2.39. The average molecular weight is 557 g/mol. The lowest BCUT2D eigenvalue weighted by Crippen LogP contribution is -2.32.